The first-order valence-corrected chi connectivity index (χ1v) is 14.4. The Bertz CT molecular complexity index is 140. The molecule has 0 bridgehead atoms. The molecule has 0 aromatic rings. The van der Waals surface area contributed by atoms with Crippen LogP contribution in [-0.4, -0.2) is 26.5 Å². The third-order valence-electron chi connectivity index (χ3n) is 2.84. The van der Waals surface area contributed by atoms with Crippen LogP contribution >= 0.6 is 63.7 Å². The Labute approximate surface area is 145 Å². The third-order valence-corrected chi connectivity index (χ3v) is 8.68. The van der Waals surface area contributed by atoms with Crippen molar-refractivity contribution in [1.82, 2.24) is 0 Å². The second kappa shape index (κ2) is 14.8. The van der Waals surface area contributed by atoms with Crippen molar-refractivity contribution in [2.24, 2.45) is 0 Å². The molecule has 6 heteroatoms. The van der Waals surface area contributed by atoms with Crippen molar-refractivity contribution in [3.05, 3.63) is 0 Å². The summed E-state index contributed by atoms with van der Waals surface area (Å²) in [6.07, 6.45) is 6.98. The van der Waals surface area contributed by atoms with Gasteiger partial charge in [0.2, 0.25) is 0 Å². The van der Waals surface area contributed by atoms with Gasteiger partial charge in [-0.2, -0.15) is 0 Å². The fraction of sp³-hybridized carbons (Fsp3) is 1.00. The zero-order valence-corrected chi connectivity index (χ0v) is 19.6. The van der Waals surface area contributed by atoms with Gasteiger partial charge in [-0.25, -0.2) is 0 Å². The molecule has 0 saturated heterocycles. The lowest BCUT2D eigenvalue weighted by Crippen LogP contribution is -1.95. The molecule has 0 aliphatic carbocycles. The number of hydrogen-bond donors (Lipinski definition) is 0. The van der Waals surface area contributed by atoms with Crippen LogP contribution in [0.15, 0.2) is 0 Å². The van der Waals surface area contributed by atoms with Crippen LogP contribution in [0.5, 0.6) is 0 Å². The van der Waals surface area contributed by atoms with E-state index in [2.05, 4.69) is 63.7 Å². The van der Waals surface area contributed by atoms with Crippen molar-refractivity contribution in [3.8, 4) is 0 Å². The highest BCUT2D eigenvalue weighted by Gasteiger charge is 1.99. The Morgan fingerprint density at radius 3 is 1.29 bits per heavy atom. The van der Waals surface area contributed by atoms with Crippen molar-refractivity contribution >= 4 is 82.8 Å². The van der Waals surface area contributed by atoms with Crippen molar-refractivity contribution in [3.63, 3.8) is 0 Å². The molecule has 0 nitrogen and oxygen atoms in total. The van der Waals surface area contributed by atoms with E-state index in [1.165, 1.54) is 25.7 Å². The second-order valence-electron chi connectivity index (χ2n) is 4.54. The van der Waals surface area contributed by atoms with Crippen LogP contribution in [-0.2, 0) is 0 Å². The molecule has 0 unspecified atom stereocenters. The normalized spacial score (nSPS) is 13.1. The number of halogens is 4. The molecule has 0 fully saturated rings. The predicted molar refractivity (Wildman–Crippen MR) is 103 cm³/mol. The lowest BCUT2D eigenvalue weighted by Gasteiger charge is -2.03. The summed E-state index contributed by atoms with van der Waals surface area (Å²) in [4.78, 5) is 0. The molecule has 0 rings (SSSR count). The predicted octanol–water partition coefficient (Wildman–Crippen LogP) is 5.18. The first-order chi connectivity index (χ1) is 8.13. The van der Waals surface area contributed by atoms with E-state index in [0.717, 1.165) is 0 Å². The van der Waals surface area contributed by atoms with E-state index in [1.54, 1.807) is 30.6 Å². The average Bonchev–Trinajstić information content (AvgIpc) is 2.25. The van der Waals surface area contributed by atoms with Crippen LogP contribution in [0.4, 0.5) is 0 Å². The molecule has 0 aromatic heterocycles. The molecule has 104 valence electrons. The molecule has 0 aromatic carbocycles. The maximum Gasteiger partial charge on any atom is 0.0697 e. The van der Waals surface area contributed by atoms with Crippen LogP contribution < -0.4 is 0 Å². The Balaban J connectivity index is 2.94. The van der Waals surface area contributed by atoms with Gasteiger partial charge in [-0.15, -0.1) is 0 Å². The summed E-state index contributed by atoms with van der Waals surface area (Å²) in [5.41, 5.74) is 0. The van der Waals surface area contributed by atoms with Crippen molar-refractivity contribution < 1.29 is 0 Å². The Morgan fingerprint density at radius 2 is 0.941 bits per heavy atom. The van der Waals surface area contributed by atoms with E-state index in [4.69, 9.17) is 0 Å². The summed E-state index contributed by atoms with van der Waals surface area (Å²) in [7, 11) is 0.563. The van der Waals surface area contributed by atoms with Crippen LogP contribution in [0.2, 0.25) is 24.2 Å². The van der Waals surface area contributed by atoms with Gasteiger partial charge in [-0.05, 0) is 12.8 Å². The van der Waals surface area contributed by atoms with E-state index in [9.17, 15) is 0 Å². The minimum Gasteiger partial charge on any atom is -0.0765 e. The molecule has 0 radical (unpaired) electrons. The standard InChI is InChI=1S/C11H24Br4Si2/c12-10(13)4-1-6-16-8-3-9-17-7-2-5-11(14)15/h10-11H,1-9,16-17H2. The summed E-state index contributed by atoms with van der Waals surface area (Å²) < 4.78 is 1.09. The van der Waals surface area contributed by atoms with Crippen molar-refractivity contribution in [2.45, 2.75) is 63.8 Å². The first kappa shape index (κ1) is 19.4. The van der Waals surface area contributed by atoms with Crippen LogP contribution in [0.3, 0.4) is 0 Å². The van der Waals surface area contributed by atoms with Gasteiger partial charge < -0.3 is 0 Å². The van der Waals surface area contributed by atoms with E-state index < -0.39 is 0 Å². The summed E-state index contributed by atoms with van der Waals surface area (Å²) in [5, 5.41) is 0. The van der Waals surface area contributed by atoms with Gasteiger partial charge in [0.15, 0.2) is 0 Å². The van der Waals surface area contributed by atoms with E-state index in [-0.39, 0.29) is 19.0 Å². The van der Waals surface area contributed by atoms with E-state index in [1.807, 2.05) is 0 Å². The summed E-state index contributed by atoms with van der Waals surface area (Å²) in [5.74, 6) is 0. The molecular weight excluding hydrogens is 508 g/mol. The maximum atomic E-state index is 3.53. The van der Waals surface area contributed by atoms with Gasteiger partial charge in [0.05, 0.1) is 7.47 Å². The first-order valence-electron chi connectivity index (χ1n) is 6.69. The molecule has 0 N–H and O–H groups in total. The average molecular weight is 532 g/mol. The van der Waals surface area contributed by atoms with Gasteiger partial charge in [0.1, 0.15) is 0 Å². The lowest BCUT2D eigenvalue weighted by atomic mass is 10.4. The molecular formula is C11H24Br4Si2. The van der Waals surface area contributed by atoms with Crippen molar-refractivity contribution in [1.29, 1.82) is 0 Å². The largest absolute Gasteiger partial charge is 0.0765 e. The number of alkyl halides is 4. The lowest BCUT2D eigenvalue weighted by molar-refractivity contribution is 0.866. The molecule has 0 amide bonds. The maximum absolute atomic E-state index is 3.53. The molecule has 0 aliphatic heterocycles. The smallest absolute Gasteiger partial charge is 0.0697 e. The zero-order valence-electron chi connectivity index (χ0n) is 10.4. The van der Waals surface area contributed by atoms with Crippen LogP contribution in [0, 0.1) is 0 Å². The molecule has 0 aliphatic rings. The van der Waals surface area contributed by atoms with Crippen molar-refractivity contribution in [2.75, 3.05) is 0 Å². The summed E-state index contributed by atoms with van der Waals surface area (Å²) in [6.45, 7) is 0. The second-order valence-corrected chi connectivity index (χ2v) is 15.7. The number of rotatable bonds is 12. The highest BCUT2D eigenvalue weighted by atomic mass is 79.9. The fourth-order valence-corrected chi connectivity index (χ4v) is 7.24. The minimum atomic E-state index is 0.282. The van der Waals surface area contributed by atoms with E-state index >= 15 is 0 Å². The minimum absolute atomic E-state index is 0.282. The highest BCUT2D eigenvalue weighted by molar-refractivity contribution is 9.25. The molecule has 17 heavy (non-hydrogen) atoms. The van der Waals surface area contributed by atoms with Gasteiger partial charge in [-0.3, -0.25) is 0 Å². The molecule has 0 spiro atoms. The molecule has 0 saturated carbocycles. The fourth-order valence-electron chi connectivity index (χ4n) is 1.83. The Kier molecular flexibility index (Phi) is 16.8. The molecule has 0 heterocycles. The molecule has 0 atom stereocenters. The van der Waals surface area contributed by atoms with Gasteiger partial charge in [-0.1, -0.05) is 107 Å². The van der Waals surface area contributed by atoms with Gasteiger partial charge >= 0.3 is 0 Å². The van der Waals surface area contributed by atoms with Crippen LogP contribution in [0.1, 0.15) is 32.1 Å². The topological polar surface area (TPSA) is 0 Å². The van der Waals surface area contributed by atoms with E-state index in [0.29, 0.717) is 7.47 Å². The third kappa shape index (κ3) is 18.4. The summed E-state index contributed by atoms with van der Waals surface area (Å²) in [6, 6.07) is 6.29. The quantitative estimate of drug-likeness (QED) is 0.185. The highest BCUT2D eigenvalue weighted by Crippen LogP contribution is 2.17. The van der Waals surface area contributed by atoms with Gasteiger partial charge in [0.25, 0.3) is 0 Å². The summed E-state index contributed by atoms with van der Waals surface area (Å²) >= 11 is 14.1. The number of hydrogen-bond acceptors (Lipinski definition) is 0. The Morgan fingerprint density at radius 1 is 0.588 bits per heavy atom. The van der Waals surface area contributed by atoms with Gasteiger partial charge in [0, 0.05) is 19.0 Å². The Hall–Kier alpha value is 2.35. The monoisotopic (exact) mass is 528 g/mol. The zero-order chi connectivity index (χ0) is 12.9. The van der Waals surface area contributed by atoms with Crippen LogP contribution in [0.25, 0.3) is 0 Å². The SMILES string of the molecule is BrC(Br)CCC[SiH2]CCC[SiH2]CCCC(Br)Br.